The van der Waals surface area contributed by atoms with Crippen LogP contribution in [0.25, 0.3) is 27.6 Å². The van der Waals surface area contributed by atoms with Gasteiger partial charge in [0.1, 0.15) is 23.0 Å². The van der Waals surface area contributed by atoms with E-state index in [1.165, 1.54) is 44.5 Å². The van der Waals surface area contributed by atoms with Crippen LogP contribution in [0.5, 0.6) is 11.5 Å². The highest BCUT2D eigenvalue weighted by Crippen LogP contribution is 2.57. The molecule has 2 aromatic heterocycles. The lowest BCUT2D eigenvalue weighted by atomic mass is 9.79. The highest BCUT2D eigenvalue weighted by Gasteiger charge is 2.61. The predicted octanol–water partition coefficient (Wildman–Crippen LogP) is 11.3. The first kappa shape index (κ1) is 32.2. The van der Waals surface area contributed by atoms with Crippen molar-refractivity contribution in [1.82, 2.24) is 9.55 Å². The van der Waals surface area contributed by atoms with E-state index in [1.807, 2.05) is 12.3 Å². The van der Waals surface area contributed by atoms with Gasteiger partial charge in [-0.25, -0.2) is 4.98 Å². The number of aliphatic imine (C=N–C) groups is 1. The van der Waals surface area contributed by atoms with E-state index in [1.54, 1.807) is 0 Å². The van der Waals surface area contributed by atoms with Crippen molar-refractivity contribution in [2.45, 2.75) is 72.9 Å². The fraction of sp³-hybridized carbons (Fsp3) is 0.234. The molecule has 0 unspecified atom stereocenters. The molecule has 52 heavy (non-hydrogen) atoms. The lowest BCUT2D eigenvalue weighted by Crippen LogP contribution is -2.52. The number of hydrogen-bond donors (Lipinski definition) is 0. The van der Waals surface area contributed by atoms with Crippen LogP contribution in [0, 0.1) is 41.5 Å². The number of benzene rings is 5. The van der Waals surface area contributed by atoms with Crippen LogP contribution in [-0.4, -0.2) is 20.9 Å². The van der Waals surface area contributed by atoms with E-state index in [2.05, 4.69) is 162 Å². The van der Waals surface area contributed by atoms with Gasteiger partial charge in [0.25, 0.3) is 0 Å². The second-order valence-corrected chi connectivity index (χ2v) is 15.6. The minimum Gasteiger partial charge on any atom is -0.457 e. The quantitative estimate of drug-likeness (QED) is 0.182. The van der Waals surface area contributed by atoms with Crippen molar-refractivity contribution in [3.63, 3.8) is 0 Å². The molecule has 0 saturated heterocycles. The zero-order valence-corrected chi connectivity index (χ0v) is 31.3. The predicted molar refractivity (Wildman–Crippen MR) is 215 cm³/mol. The molecule has 0 saturated carbocycles. The molecule has 7 aromatic rings. The second-order valence-electron chi connectivity index (χ2n) is 15.6. The number of aromatic nitrogens is 2. The Morgan fingerprint density at radius 3 is 2.15 bits per heavy atom. The second kappa shape index (κ2) is 11.4. The van der Waals surface area contributed by atoms with E-state index in [9.17, 15) is 0 Å². The summed E-state index contributed by atoms with van der Waals surface area (Å²) < 4.78 is 9.07. The maximum absolute atomic E-state index is 6.82. The van der Waals surface area contributed by atoms with Crippen LogP contribution in [0.2, 0.25) is 0 Å². The monoisotopic (exact) mass is 680 g/mol. The SMILES string of the molecule is Cc1cc(Oc2cc(C)cc(-n3c4ccc(C)cc4c4cccnc43)c2)cc(C2=N[C@]3(C)Cc4ccccc4[C@]3(C)N2c2c(C)cc(C)cc2C)c1. The van der Waals surface area contributed by atoms with E-state index in [-0.39, 0.29) is 11.1 Å². The summed E-state index contributed by atoms with van der Waals surface area (Å²) in [7, 11) is 0. The van der Waals surface area contributed by atoms with Crippen molar-refractivity contribution in [1.29, 1.82) is 0 Å². The van der Waals surface area contributed by atoms with E-state index in [0.29, 0.717) is 0 Å². The van der Waals surface area contributed by atoms with Gasteiger partial charge >= 0.3 is 0 Å². The average molecular weight is 681 g/mol. The average Bonchev–Trinajstić information content (AvgIpc) is 3.62. The Balaban J connectivity index is 1.16. The zero-order valence-electron chi connectivity index (χ0n) is 31.3. The number of fused-ring (bicyclic) bond motifs is 6. The summed E-state index contributed by atoms with van der Waals surface area (Å²) in [4.78, 5) is 13.1. The van der Waals surface area contributed by atoms with Gasteiger partial charge in [-0.15, -0.1) is 0 Å². The molecule has 9 rings (SSSR count). The fourth-order valence-corrected chi connectivity index (χ4v) is 9.25. The third kappa shape index (κ3) is 4.75. The van der Waals surface area contributed by atoms with Gasteiger partial charge in [0.15, 0.2) is 0 Å². The minimum absolute atomic E-state index is 0.346. The molecule has 0 radical (unpaired) electrons. The molecule has 5 nitrogen and oxygen atoms in total. The summed E-state index contributed by atoms with van der Waals surface area (Å²) in [6.07, 6.45) is 2.76. The maximum Gasteiger partial charge on any atom is 0.145 e. The van der Waals surface area contributed by atoms with Crippen LogP contribution in [0.1, 0.15) is 63.9 Å². The highest BCUT2D eigenvalue weighted by molar-refractivity contribution is 6.14. The van der Waals surface area contributed by atoms with Gasteiger partial charge in [0.05, 0.1) is 22.3 Å². The topological polar surface area (TPSA) is 42.6 Å². The van der Waals surface area contributed by atoms with Gasteiger partial charge in [0, 0.05) is 40.7 Å². The maximum atomic E-state index is 6.82. The standard InChI is InChI=1S/C47H44N4O/c1-28-15-16-42-40(24-28)39-13-11-17-48-45(39)50(42)36-21-31(4)23-38(26-36)52-37-22-30(3)20-35(25-37)44-49-46(7)27-34-12-9-10-14-41(34)47(46,8)51(44)43-32(5)18-29(2)19-33(43)6/h9-26H,27H2,1-8H3/t46-,47+/m1/s1. The van der Waals surface area contributed by atoms with E-state index >= 15 is 0 Å². The Morgan fingerprint density at radius 1 is 0.654 bits per heavy atom. The highest BCUT2D eigenvalue weighted by atomic mass is 16.5. The number of rotatable bonds is 5. The molecule has 2 aliphatic rings. The zero-order chi connectivity index (χ0) is 36.1. The summed E-state index contributed by atoms with van der Waals surface area (Å²) in [5.74, 6) is 2.56. The van der Waals surface area contributed by atoms with Crippen LogP contribution >= 0.6 is 0 Å². The third-order valence-corrected chi connectivity index (χ3v) is 11.5. The molecular formula is C47H44N4O. The van der Waals surface area contributed by atoms with Crippen molar-refractivity contribution in [3.05, 3.63) is 159 Å². The Morgan fingerprint density at radius 2 is 1.37 bits per heavy atom. The van der Waals surface area contributed by atoms with Crippen LogP contribution in [0.3, 0.4) is 0 Å². The van der Waals surface area contributed by atoms with Crippen molar-refractivity contribution < 1.29 is 4.74 Å². The number of amidine groups is 1. The van der Waals surface area contributed by atoms with E-state index < -0.39 is 0 Å². The number of pyridine rings is 1. The Labute approximate surface area is 306 Å². The fourth-order valence-electron chi connectivity index (χ4n) is 9.25. The molecule has 0 N–H and O–H groups in total. The molecule has 5 heteroatoms. The van der Waals surface area contributed by atoms with Crippen LogP contribution in [0.15, 0.2) is 114 Å². The molecule has 0 spiro atoms. The minimum atomic E-state index is -0.366. The molecule has 0 bridgehead atoms. The normalized spacial score (nSPS) is 19.3. The van der Waals surface area contributed by atoms with Crippen molar-refractivity contribution in [3.8, 4) is 17.2 Å². The van der Waals surface area contributed by atoms with Gasteiger partial charge in [0.2, 0.25) is 0 Å². The number of aryl methyl sites for hydroxylation is 6. The molecule has 1 aliphatic carbocycles. The molecule has 0 fully saturated rings. The summed E-state index contributed by atoms with van der Waals surface area (Å²) in [5.41, 5.74) is 14.6. The first-order chi connectivity index (χ1) is 24.9. The largest absolute Gasteiger partial charge is 0.457 e. The number of hydrogen-bond acceptors (Lipinski definition) is 4. The van der Waals surface area contributed by atoms with E-state index in [0.717, 1.165) is 62.7 Å². The van der Waals surface area contributed by atoms with Crippen LogP contribution < -0.4 is 9.64 Å². The van der Waals surface area contributed by atoms with Crippen LogP contribution in [0.4, 0.5) is 5.69 Å². The molecule has 1 aliphatic heterocycles. The summed E-state index contributed by atoms with van der Waals surface area (Å²) in [5, 5.41) is 2.34. The Kier molecular flexibility index (Phi) is 7.08. The molecule has 0 amide bonds. The molecule has 3 heterocycles. The first-order valence-corrected chi connectivity index (χ1v) is 18.3. The van der Waals surface area contributed by atoms with Crippen molar-refractivity contribution >= 4 is 33.5 Å². The van der Waals surface area contributed by atoms with Crippen LogP contribution in [-0.2, 0) is 12.0 Å². The Bertz CT molecular complexity index is 2620. The molecular weight excluding hydrogens is 637 g/mol. The number of anilines is 1. The lowest BCUT2D eigenvalue weighted by molar-refractivity contribution is 0.321. The number of nitrogens with zero attached hydrogens (tertiary/aromatic N) is 4. The Hall–Kier alpha value is -5.68. The summed E-state index contributed by atoms with van der Waals surface area (Å²) in [6, 6.07) is 37.3. The van der Waals surface area contributed by atoms with Gasteiger partial charge in [-0.2, -0.15) is 0 Å². The third-order valence-electron chi connectivity index (χ3n) is 11.5. The smallest absolute Gasteiger partial charge is 0.145 e. The van der Waals surface area contributed by atoms with Crippen molar-refractivity contribution in [2.24, 2.45) is 4.99 Å². The van der Waals surface area contributed by atoms with Crippen molar-refractivity contribution in [2.75, 3.05) is 4.90 Å². The van der Waals surface area contributed by atoms with E-state index in [4.69, 9.17) is 14.7 Å². The van der Waals surface area contributed by atoms with Gasteiger partial charge in [-0.3, -0.25) is 9.56 Å². The lowest BCUT2D eigenvalue weighted by Gasteiger charge is -2.43. The van der Waals surface area contributed by atoms with Gasteiger partial charge in [-0.1, -0.05) is 53.6 Å². The number of ether oxygens (including phenoxy) is 1. The summed E-state index contributed by atoms with van der Waals surface area (Å²) >= 11 is 0. The summed E-state index contributed by atoms with van der Waals surface area (Å²) in [6.45, 7) is 17.8. The first-order valence-electron chi connectivity index (χ1n) is 18.3. The van der Waals surface area contributed by atoms with Gasteiger partial charge < -0.3 is 9.64 Å². The molecule has 2 atom stereocenters. The van der Waals surface area contributed by atoms with Gasteiger partial charge in [-0.05, 0) is 143 Å². The molecule has 258 valence electrons. The molecule has 5 aromatic carbocycles.